The largest absolute Gasteiger partial charge is 0.327 e. The summed E-state index contributed by atoms with van der Waals surface area (Å²) in [7, 11) is 0. The molecule has 2 rings (SSSR count). The molecule has 0 saturated heterocycles. The summed E-state index contributed by atoms with van der Waals surface area (Å²) in [5.41, 5.74) is 6.38. The Morgan fingerprint density at radius 3 is 2.19 bits per heavy atom. The number of nitrogens with two attached hydrogens (primary N) is 1. The molecule has 2 heteroatoms. The Balaban J connectivity index is 1.87. The summed E-state index contributed by atoms with van der Waals surface area (Å²) in [6, 6.07) is 0.509. The first-order valence-electron chi connectivity index (χ1n) is 7.24. The number of rotatable bonds is 6. The highest BCUT2D eigenvalue weighted by Crippen LogP contribution is 2.47. The lowest BCUT2D eigenvalue weighted by atomic mass is 9.84. The van der Waals surface area contributed by atoms with Gasteiger partial charge in [-0.15, -0.1) is 0 Å². The molecule has 0 amide bonds. The van der Waals surface area contributed by atoms with E-state index in [-0.39, 0.29) is 0 Å². The Bertz CT molecular complexity index is 209. The van der Waals surface area contributed by atoms with E-state index < -0.39 is 0 Å². The molecule has 16 heavy (non-hydrogen) atoms. The summed E-state index contributed by atoms with van der Waals surface area (Å²) in [6.45, 7) is 8.35. The van der Waals surface area contributed by atoms with E-state index in [1.807, 2.05) is 0 Å². The van der Waals surface area contributed by atoms with Crippen LogP contribution in [0.4, 0.5) is 0 Å². The maximum absolute atomic E-state index is 6.38. The lowest BCUT2D eigenvalue weighted by Crippen LogP contribution is -2.43. The lowest BCUT2D eigenvalue weighted by Gasteiger charge is -2.33. The van der Waals surface area contributed by atoms with Crippen LogP contribution >= 0.6 is 0 Å². The molecule has 0 aromatic rings. The van der Waals surface area contributed by atoms with Crippen molar-refractivity contribution in [2.45, 2.75) is 52.0 Å². The number of nitrogens with zero attached hydrogens (tertiary/aromatic N) is 1. The van der Waals surface area contributed by atoms with Crippen LogP contribution in [0.2, 0.25) is 0 Å². The second kappa shape index (κ2) is 5.50. The minimum absolute atomic E-state index is 0.509. The molecule has 0 spiro atoms. The molecule has 94 valence electrons. The van der Waals surface area contributed by atoms with E-state index in [1.54, 1.807) is 0 Å². The maximum Gasteiger partial charge on any atom is 0.0111 e. The third-order valence-corrected chi connectivity index (χ3v) is 4.71. The van der Waals surface area contributed by atoms with Gasteiger partial charge in [-0.2, -0.15) is 0 Å². The zero-order chi connectivity index (χ0) is 11.5. The van der Waals surface area contributed by atoms with Crippen LogP contribution in [0.5, 0.6) is 0 Å². The van der Waals surface area contributed by atoms with Crippen LogP contribution in [0.1, 0.15) is 46.0 Å². The summed E-state index contributed by atoms with van der Waals surface area (Å²) in [4.78, 5) is 2.64. The van der Waals surface area contributed by atoms with Crippen molar-refractivity contribution < 1.29 is 0 Å². The van der Waals surface area contributed by atoms with Gasteiger partial charge in [-0.05, 0) is 62.9 Å². The van der Waals surface area contributed by atoms with Gasteiger partial charge >= 0.3 is 0 Å². The molecule has 4 atom stereocenters. The SMILES string of the molecule is CCCN(CCC)CC1C2CCC(C2)C1N. The first kappa shape index (κ1) is 12.4. The molecular formula is C14H28N2. The van der Waals surface area contributed by atoms with Gasteiger partial charge in [0.05, 0.1) is 0 Å². The number of hydrogen-bond acceptors (Lipinski definition) is 2. The lowest BCUT2D eigenvalue weighted by molar-refractivity contribution is 0.174. The molecule has 2 fully saturated rings. The maximum atomic E-state index is 6.38. The molecule has 2 aliphatic rings. The summed E-state index contributed by atoms with van der Waals surface area (Å²) in [5, 5.41) is 0. The van der Waals surface area contributed by atoms with Gasteiger partial charge in [-0.25, -0.2) is 0 Å². The van der Waals surface area contributed by atoms with Crippen LogP contribution in [0.15, 0.2) is 0 Å². The van der Waals surface area contributed by atoms with Crippen molar-refractivity contribution >= 4 is 0 Å². The molecular weight excluding hydrogens is 196 g/mol. The van der Waals surface area contributed by atoms with E-state index in [4.69, 9.17) is 5.73 Å². The second-order valence-electron chi connectivity index (χ2n) is 5.88. The normalized spacial score (nSPS) is 37.5. The average molecular weight is 224 g/mol. The van der Waals surface area contributed by atoms with Crippen molar-refractivity contribution in [1.82, 2.24) is 4.90 Å². The van der Waals surface area contributed by atoms with Crippen molar-refractivity contribution in [1.29, 1.82) is 0 Å². The summed E-state index contributed by atoms with van der Waals surface area (Å²) in [5.74, 6) is 2.62. The Morgan fingerprint density at radius 1 is 1.06 bits per heavy atom. The van der Waals surface area contributed by atoms with Gasteiger partial charge in [0.25, 0.3) is 0 Å². The molecule has 2 N–H and O–H groups in total. The van der Waals surface area contributed by atoms with Crippen LogP contribution in [0, 0.1) is 17.8 Å². The topological polar surface area (TPSA) is 29.3 Å². The minimum atomic E-state index is 0.509. The van der Waals surface area contributed by atoms with Crippen LogP contribution in [-0.2, 0) is 0 Å². The monoisotopic (exact) mass is 224 g/mol. The van der Waals surface area contributed by atoms with Gasteiger partial charge in [0.1, 0.15) is 0 Å². The van der Waals surface area contributed by atoms with E-state index in [0.717, 1.165) is 17.8 Å². The van der Waals surface area contributed by atoms with Gasteiger partial charge in [0.15, 0.2) is 0 Å². The van der Waals surface area contributed by atoms with Gasteiger partial charge < -0.3 is 10.6 Å². The highest BCUT2D eigenvalue weighted by Gasteiger charge is 2.45. The smallest absolute Gasteiger partial charge is 0.0111 e. The predicted molar refractivity (Wildman–Crippen MR) is 69.3 cm³/mol. The molecule has 0 aliphatic heterocycles. The fraction of sp³-hybridized carbons (Fsp3) is 1.00. The fourth-order valence-electron chi connectivity index (χ4n) is 3.95. The summed E-state index contributed by atoms with van der Waals surface area (Å²) in [6.07, 6.45) is 6.84. The van der Waals surface area contributed by atoms with E-state index in [2.05, 4.69) is 18.7 Å². The second-order valence-corrected chi connectivity index (χ2v) is 5.88. The predicted octanol–water partition coefficient (Wildman–Crippen LogP) is 2.48. The van der Waals surface area contributed by atoms with Crippen molar-refractivity contribution in [3.05, 3.63) is 0 Å². The van der Waals surface area contributed by atoms with Crippen molar-refractivity contribution in [3.63, 3.8) is 0 Å². The average Bonchev–Trinajstić information content (AvgIpc) is 2.83. The van der Waals surface area contributed by atoms with Gasteiger partial charge in [0.2, 0.25) is 0 Å². The van der Waals surface area contributed by atoms with Gasteiger partial charge in [-0.3, -0.25) is 0 Å². The first-order valence-corrected chi connectivity index (χ1v) is 7.24. The molecule has 2 saturated carbocycles. The van der Waals surface area contributed by atoms with E-state index in [1.165, 1.54) is 51.7 Å². The molecule has 0 radical (unpaired) electrons. The highest BCUT2D eigenvalue weighted by molar-refractivity contribution is 4.99. The molecule has 0 heterocycles. The molecule has 4 unspecified atom stereocenters. The molecule has 0 aromatic carbocycles. The third kappa shape index (κ3) is 2.43. The number of fused-ring (bicyclic) bond motifs is 2. The van der Waals surface area contributed by atoms with Gasteiger partial charge in [0, 0.05) is 12.6 Å². The zero-order valence-electron chi connectivity index (χ0n) is 11.0. The van der Waals surface area contributed by atoms with E-state index >= 15 is 0 Å². The molecule has 2 bridgehead atoms. The zero-order valence-corrected chi connectivity index (χ0v) is 11.0. The molecule has 2 nitrogen and oxygen atoms in total. The quantitative estimate of drug-likeness (QED) is 0.751. The number of hydrogen-bond donors (Lipinski definition) is 1. The van der Waals surface area contributed by atoms with Crippen molar-refractivity contribution in [3.8, 4) is 0 Å². The third-order valence-electron chi connectivity index (χ3n) is 4.71. The van der Waals surface area contributed by atoms with Gasteiger partial charge in [-0.1, -0.05) is 13.8 Å². The van der Waals surface area contributed by atoms with Crippen LogP contribution in [0.3, 0.4) is 0 Å². The fourth-order valence-corrected chi connectivity index (χ4v) is 3.95. The molecule has 2 aliphatic carbocycles. The highest BCUT2D eigenvalue weighted by atomic mass is 15.1. The van der Waals surface area contributed by atoms with Crippen LogP contribution in [0.25, 0.3) is 0 Å². The Labute approximate surface area is 101 Å². The van der Waals surface area contributed by atoms with E-state index in [9.17, 15) is 0 Å². The minimum Gasteiger partial charge on any atom is -0.327 e. The summed E-state index contributed by atoms with van der Waals surface area (Å²) < 4.78 is 0. The Hall–Kier alpha value is -0.0800. The van der Waals surface area contributed by atoms with E-state index in [0.29, 0.717) is 6.04 Å². The first-order chi connectivity index (χ1) is 7.76. The summed E-state index contributed by atoms with van der Waals surface area (Å²) >= 11 is 0. The Morgan fingerprint density at radius 2 is 1.69 bits per heavy atom. The molecule has 0 aromatic heterocycles. The van der Waals surface area contributed by atoms with Crippen LogP contribution in [-0.4, -0.2) is 30.6 Å². The Kier molecular flexibility index (Phi) is 4.26. The standard InChI is InChI=1S/C14H28N2/c1-3-7-16(8-4-2)10-13-11-5-6-12(9-11)14(13)15/h11-14H,3-10,15H2,1-2H3. The van der Waals surface area contributed by atoms with Crippen molar-refractivity contribution in [2.24, 2.45) is 23.5 Å². The van der Waals surface area contributed by atoms with Crippen LogP contribution < -0.4 is 5.73 Å². The van der Waals surface area contributed by atoms with Crippen molar-refractivity contribution in [2.75, 3.05) is 19.6 Å².